The number of thioether (sulfide) groups is 1. The monoisotopic (exact) mass is 502 g/mol. The first-order chi connectivity index (χ1) is 17.4. The van der Waals surface area contributed by atoms with E-state index < -0.39 is 5.97 Å². The molecule has 2 aromatic carbocycles. The molecule has 0 bridgehead atoms. The fourth-order valence-corrected chi connectivity index (χ4v) is 5.66. The summed E-state index contributed by atoms with van der Waals surface area (Å²) < 4.78 is 2.26. The van der Waals surface area contributed by atoms with Crippen LogP contribution in [0.4, 0.5) is 0 Å². The lowest BCUT2D eigenvalue weighted by Gasteiger charge is -2.11. The smallest absolute Gasteiger partial charge is 0.331 e. The van der Waals surface area contributed by atoms with E-state index in [2.05, 4.69) is 41.4 Å². The fraction of sp³-hybridized carbons (Fsp3) is 0.367. The molecule has 0 spiro atoms. The van der Waals surface area contributed by atoms with Crippen molar-refractivity contribution < 1.29 is 14.4 Å². The third kappa shape index (κ3) is 5.65. The number of nitrogens with zero attached hydrogens (tertiary/aromatic N) is 2. The van der Waals surface area contributed by atoms with Gasteiger partial charge in [-0.15, -0.1) is 0 Å². The van der Waals surface area contributed by atoms with E-state index in [1.54, 1.807) is 0 Å². The summed E-state index contributed by atoms with van der Waals surface area (Å²) in [7, 11) is 0. The summed E-state index contributed by atoms with van der Waals surface area (Å²) in [4.78, 5) is 30.1. The molecule has 0 atom stereocenters. The number of hydrogen-bond acceptors (Lipinski definition) is 5. The van der Waals surface area contributed by atoms with Crippen molar-refractivity contribution in [2.75, 3.05) is 0 Å². The quantitative estimate of drug-likeness (QED) is 0.0926. The molecular formula is C30H34N2O3S. The predicted octanol–water partition coefficient (Wildman–Crippen LogP) is 8.02. The van der Waals surface area contributed by atoms with Gasteiger partial charge >= 0.3 is 5.97 Å². The van der Waals surface area contributed by atoms with Gasteiger partial charge in [-0.05, 0) is 68.3 Å². The summed E-state index contributed by atoms with van der Waals surface area (Å²) in [5, 5.41) is 8.19. The van der Waals surface area contributed by atoms with Gasteiger partial charge in [-0.25, -0.2) is 4.79 Å². The second kappa shape index (κ2) is 11.7. The van der Waals surface area contributed by atoms with Crippen molar-refractivity contribution in [2.45, 2.75) is 65.8 Å². The number of aryl methyl sites for hydroxylation is 1. The third-order valence-electron chi connectivity index (χ3n) is 6.92. The van der Waals surface area contributed by atoms with Crippen molar-refractivity contribution in [3.63, 3.8) is 0 Å². The minimum absolute atomic E-state index is 0.0674. The fourth-order valence-electron chi connectivity index (χ4n) is 5.13. The van der Waals surface area contributed by atoms with E-state index in [9.17, 15) is 9.59 Å². The Morgan fingerprint density at radius 2 is 1.75 bits per heavy atom. The number of ketones is 1. The van der Waals surface area contributed by atoms with Crippen LogP contribution in [-0.2, 0) is 16.2 Å². The van der Waals surface area contributed by atoms with Crippen LogP contribution < -0.4 is 0 Å². The van der Waals surface area contributed by atoms with Gasteiger partial charge in [-0.3, -0.25) is 4.79 Å². The van der Waals surface area contributed by atoms with Crippen LogP contribution in [0.15, 0.2) is 64.5 Å². The molecule has 36 heavy (non-hydrogen) atoms. The van der Waals surface area contributed by atoms with Gasteiger partial charge in [0.2, 0.25) is 0 Å². The van der Waals surface area contributed by atoms with Gasteiger partial charge < -0.3 is 9.40 Å². The van der Waals surface area contributed by atoms with Crippen molar-refractivity contribution in [3.8, 4) is 0 Å². The average Bonchev–Trinajstić information content (AvgIpc) is 3.51. The Kier molecular flexibility index (Phi) is 8.47. The van der Waals surface area contributed by atoms with E-state index in [1.165, 1.54) is 44.4 Å². The summed E-state index contributed by atoms with van der Waals surface area (Å²) in [6.45, 7) is 10.2. The van der Waals surface area contributed by atoms with Crippen LogP contribution in [0.25, 0.3) is 21.8 Å². The van der Waals surface area contributed by atoms with Gasteiger partial charge in [0.1, 0.15) is 0 Å². The molecule has 5 nitrogen and oxygen atoms in total. The first-order valence-electron chi connectivity index (χ1n) is 12.7. The number of hydrogen-bond donors (Lipinski definition) is 0. The van der Waals surface area contributed by atoms with E-state index in [-0.39, 0.29) is 5.78 Å². The number of aromatic nitrogens is 1. The Bertz CT molecular complexity index is 1360. The largest absolute Gasteiger partial charge is 0.341 e. The Morgan fingerprint density at radius 1 is 1.11 bits per heavy atom. The first-order valence-corrected chi connectivity index (χ1v) is 13.6. The molecule has 6 heteroatoms. The van der Waals surface area contributed by atoms with Crippen molar-refractivity contribution in [3.05, 3.63) is 70.5 Å². The summed E-state index contributed by atoms with van der Waals surface area (Å²) in [5.41, 5.74) is 4.55. The zero-order valence-corrected chi connectivity index (χ0v) is 22.2. The molecule has 1 saturated carbocycles. The first kappa shape index (κ1) is 26.0. The minimum atomic E-state index is -0.420. The summed E-state index contributed by atoms with van der Waals surface area (Å²) in [6, 6.07) is 12.2. The van der Waals surface area contributed by atoms with Crippen LogP contribution in [-0.4, -0.2) is 22.0 Å². The molecule has 0 amide bonds. The maximum Gasteiger partial charge on any atom is 0.331 e. The molecule has 188 valence electrons. The van der Waals surface area contributed by atoms with Gasteiger partial charge in [-0.2, -0.15) is 0 Å². The van der Waals surface area contributed by atoms with Gasteiger partial charge in [0, 0.05) is 46.4 Å². The molecule has 0 radical (unpaired) electrons. The van der Waals surface area contributed by atoms with E-state index in [1.807, 2.05) is 36.6 Å². The Hall–Kier alpha value is -3.12. The van der Waals surface area contributed by atoms with Crippen molar-refractivity contribution >= 4 is 51.0 Å². The number of benzene rings is 2. The Labute approximate surface area is 217 Å². The summed E-state index contributed by atoms with van der Waals surface area (Å²) >= 11 is 1.34. The Balaban J connectivity index is 1.76. The highest BCUT2D eigenvalue weighted by Crippen LogP contribution is 2.33. The van der Waals surface area contributed by atoms with Crippen molar-refractivity contribution in [2.24, 2.45) is 11.1 Å². The molecule has 1 fully saturated rings. The number of oxime groups is 1. The van der Waals surface area contributed by atoms with Crippen molar-refractivity contribution in [1.82, 2.24) is 4.57 Å². The molecule has 0 unspecified atom stereocenters. The number of rotatable bonds is 10. The standard InChI is InChI=1S/C30H34N2O3S/c1-5-17-36-20(3)30(34)24-13-16-29-26(19-24)25-18-23(12-15-28(25)32(29)6-2)27(31-35-21(4)33)14-11-22-9-7-8-10-22/h5,12-13,15-19,22H,3,6-11,14H2,1-2,4H3/b17-5-,31-27+. The lowest BCUT2D eigenvalue weighted by Crippen LogP contribution is -2.07. The number of carbonyl (C=O) groups is 2. The average molecular weight is 503 g/mol. The maximum absolute atomic E-state index is 13.0. The summed E-state index contributed by atoms with van der Waals surface area (Å²) in [6.07, 6.45) is 8.82. The highest BCUT2D eigenvalue weighted by atomic mass is 32.2. The number of carbonyl (C=O) groups excluding carboxylic acids is 2. The second-order valence-corrected chi connectivity index (χ2v) is 10.4. The molecule has 0 N–H and O–H groups in total. The molecular weight excluding hydrogens is 468 g/mol. The zero-order valence-electron chi connectivity index (χ0n) is 21.4. The van der Waals surface area contributed by atoms with Crippen LogP contribution in [0.2, 0.25) is 0 Å². The molecule has 1 aliphatic carbocycles. The summed E-state index contributed by atoms with van der Waals surface area (Å²) in [5.74, 6) is 0.221. The van der Waals surface area contributed by atoms with Crippen LogP contribution in [0.3, 0.4) is 0 Å². The molecule has 1 heterocycles. The van der Waals surface area contributed by atoms with Crippen LogP contribution in [0.1, 0.15) is 75.2 Å². The lowest BCUT2D eigenvalue weighted by molar-refractivity contribution is -0.140. The van der Waals surface area contributed by atoms with E-state index >= 15 is 0 Å². The third-order valence-corrected chi connectivity index (χ3v) is 7.80. The Morgan fingerprint density at radius 3 is 2.36 bits per heavy atom. The normalized spacial score (nSPS) is 14.8. The molecule has 0 saturated heterocycles. The second-order valence-electron chi connectivity index (χ2n) is 9.36. The van der Waals surface area contributed by atoms with E-state index in [0.29, 0.717) is 16.4 Å². The van der Waals surface area contributed by atoms with Gasteiger partial charge in [0.05, 0.1) is 10.6 Å². The number of Topliss-reactive ketones (excluding diaryl/α,β-unsaturated/α-hetero) is 1. The van der Waals surface area contributed by atoms with Crippen LogP contribution >= 0.6 is 11.8 Å². The van der Waals surface area contributed by atoms with Crippen molar-refractivity contribution in [1.29, 1.82) is 0 Å². The number of allylic oxidation sites excluding steroid dienone is 2. The molecule has 1 aliphatic rings. The number of fused-ring (bicyclic) bond motifs is 3. The molecule has 1 aromatic heterocycles. The van der Waals surface area contributed by atoms with E-state index in [4.69, 9.17) is 4.84 Å². The molecule has 0 aliphatic heterocycles. The highest BCUT2D eigenvalue weighted by molar-refractivity contribution is 8.06. The zero-order chi connectivity index (χ0) is 25.7. The maximum atomic E-state index is 13.0. The van der Waals surface area contributed by atoms with Gasteiger partial charge in [0.25, 0.3) is 0 Å². The lowest BCUT2D eigenvalue weighted by atomic mass is 9.96. The van der Waals surface area contributed by atoms with E-state index in [0.717, 1.165) is 52.5 Å². The van der Waals surface area contributed by atoms with Gasteiger partial charge in [-0.1, -0.05) is 61.3 Å². The van der Waals surface area contributed by atoms with Crippen LogP contribution in [0, 0.1) is 5.92 Å². The SMILES string of the molecule is C=C(S/C=C\C)C(=O)c1ccc2c(c1)c1cc(/C(CCC3CCCC3)=N/OC(C)=O)ccc1n2CC. The molecule has 3 aromatic rings. The van der Waals surface area contributed by atoms with Gasteiger partial charge in [0.15, 0.2) is 5.78 Å². The topological polar surface area (TPSA) is 60.7 Å². The van der Waals surface area contributed by atoms with Crippen LogP contribution in [0.5, 0.6) is 0 Å². The predicted molar refractivity (Wildman–Crippen MR) is 150 cm³/mol. The minimum Gasteiger partial charge on any atom is -0.341 e. The highest BCUT2D eigenvalue weighted by Gasteiger charge is 2.19. The molecule has 4 rings (SSSR count).